The van der Waals surface area contributed by atoms with Crippen LogP contribution in [0, 0.1) is 5.92 Å². The Labute approximate surface area is 128 Å². The van der Waals surface area contributed by atoms with Crippen molar-refractivity contribution in [3.05, 3.63) is 53.9 Å². The molecule has 0 bridgehead atoms. The SMILES string of the molecule is Cn1ccc(CC(CNC(C)(C)C)Cc2ccccc2)n1. The summed E-state index contributed by atoms with van der Waals surface area (Å²) in [5, 5.41) is 8.16. The van der Waals surface area contributed by atoms with Gasteiger partial charge in [0.2, 0.25) is 0 Å². The molecule has 1 aromatic carbocycles. The number of nitrogens with one attached hydrogen (secondary N) is 1. The Hall–Kier alpha value is -1.61. The van der Waals surface area contributed by atoms with Crippen molar-refractivity contribution >= 4 is 0 Å². The number of aromatic nitrogens is 2. The van der Waals surface area contributed by atoms with Crippen LogP contribution in [0.4, 0.5) is 0 Å². The predicted molar refractivity (Wildman–Crippen MR) is 88.3 cm³/mol. The lowest BCUT2D eigenvalue weighted by Crippen LogP contribution is -2.40. The molecule has 3 heteroatoms. The van der Waals surface area contributed by atoms with Gasteiger partial charge in [0, 0.05) is 18.8 Å². The normalized spacial score (nSPS) is 13.3. The first kappa shape index (κ1) is 15.8. The van der Waals surface area contributed by atoms with Crippen molar-refractivity contribution in [2.75, 3.05) is 6.54 Å². The lowest BCUT2D eigenvalue weighted by atomic mass is 9.93. The number of hydrogen-bond acceptors (Lipinski definition) is 2. The summed E-state index contributed by atoms with van der Waals surface area (Å²) in [4.78, 5) is 0. The molecular weight excluding hydrogens is 258 g/mol. The molecule has 1 N–H and O–H groups in total. The standard InChI is InChI=1S/C18H27N3/c1-18(2,3)19-14-16(12-15-8-6-5-7-9-15)13-17-10-11-21(4)20-17/h5-11,16,19H,12-14H2,1-4H3. The molecule has 0 aliphatic heterocycles. The highest BCUT2D eigenvalue weighted by Crippen LogP contribution is 2.14. The van der Waals surface area contributed by atoms with Gasteiger partial charge in [0.05, 0.1) is 5.69 Å². The molecule has 0 aliphatic carbocycles. The highest BCUT2D eigenvalue weighted by molar-refractivity contribution is 5.16. The van der Waals surface area contributed by atoms with Crippen LogP contribution in [0.25, 0.3) is 0 Å². The number of aryl methyl sites for hydroxylation is 1. The van der Waals surface area contributed by atoms with Crippen molar-refractivity contribution < 1.29 is 0 Å². The molecule has 2 aromatic rings. The van der Waals surface area contributed by atoms with E-state index in [0.29, 0.717) is 5.92 Å². The first-order valence-corrected chi connectivity index (χ1v) is 7.70. The Morgan fingerprint density at radius 2 is 1.81 bits per heavy atom. The van der Waals surface area contributed by atoms with Crippen molar-refractivity contribution in [3.8, 4) is 0 Å². The Morgan fingerprint density at radius 3 is 2.38 bits per heavy atom. The average Bonchev–Trinajstić information content (AvgIpc) is 2.82. The first-order valence-electron chi connectivity index (χ1n) is 7.70. The molecule has 1 unspecified atom stereocenters. The lowest BCUT2D eigenvalue weighted by Gasteiger charge is -2.25. The molecule has 0 saturated heterocycles. The maximum absolute atomic E-state index is 4.53. The summed E-state index contributed by atoms with van der Waals surface area (Å²) in [5.41, 5.74) is 2.72. The third-order valence-corrected chi connectivity index (χ3v) is 3.55. The van der Waals surface area contributed by atoms with Crippen LogP contribution in [0.5, 0.6) is 0 Å². The van der Waals surface area contributed by atoms with Gasteiger partial charge < -0.3 is 5.32 Å². The van der Waals surface area contributed by atoms with Gasteiger partial charge in [-0.15, -0.1) is 0 Å². The minimum atomic E-state index is 0.152. The highest BCUT2D eigenvalue weighted by Gasteiger charge is 2.16. The average molecular weight is 285 g/mol. The van der Waals surface area contributed by atoms with Crippen molar-refractivity contribution in [2.24, 2.45) is 13.0 Å². The van der Waals surface area contributed by atoms with E-state index >= 15 is 0 Å². The molecule has 114 valence electrons. The van der Waals surface area contributed by atoms with Gasteiger partial charge in [-0.2, -0.15) is 5.10 Å². The monoisotopic (exact) mass is 285 g/mol. The van der Waals surface area contributed by atoms with Crippen LogP contribution >= 0.6 is 0 Å². The molecule has 0 fully saturated rings. The summed E-state index contributed by atoms with van der Waals surface area (Å²) in [6.07, 6.45) is 4.12. The Balaban J connectivity index is 2.02. The van der Waals surface area contributed by atoms with Gasteiger partial charge in [-0.25, -0.2) is 0 Å². The topological polar surface area (TPSA) is 29.9 Å². The molecule has 2 rings (SSSR count). The van der Waals surface area contributed by atoms with Crippen LogP contribution < -0.4 is 5.32 Å². The van der Waals surface area contributed by atoms with Crippen molar-refractivity contribution in [2.45, 2.75) is 39.2 Å². The van der Waals surface area contributed by atoms with Crippen molar-refractivity contribution in [3.63, 3.8) is 0 Å². The van der Waals surface area contributed by atoms with E-state index in [0.717, 1.165) is 19.4 Å². The molecule has 1 aromatic heterocycles. The molecule has 3 nitrogen and oxygen atoms in total. The van der Waals surface area contributed by atoms with Gasteiger partial charge >= 0.3 is 0 Å². The molecule has 0 spiro atoms. The second kappa shape index (κ2) is 6.90. The summed E-state index contributed by atoms with van der Waals surface area (Å²) in [7, 11) is 1.98. The molecule has 0 aliphatic rings. The summed E-state index contributed by atoms with van der Waals surface area (Å²) in [5.74, 6) is 0.557. The van der Waals surface area contributed by atoms with E-state index in [9.17, 15) is 0 Å². The largest absolute Gasteiger partial charge is 0.312 e. The highest BCUT2D eigenvalue weighted by atomic mass is 15.2. The van der Waals surface area contributed by atoms with E-state index in [2.05, 4.69) is 67.6 Å². The van der Waals surface area contributed by atoms with Crippen LogP contribution in [0.15, 0.2) is 42.6 Å². The smallest absolute Gasteiger partial charge is 0.0627 e. The van der Waals surface area contributed by atoms with Crippen molar-refractivity contribution in [1.29, 1.82) is 0 Å². The molecule has 1 heterocycles. The quantitative estimate of drug-likeness (QED) is 0.883. The van der Waals surface area contributed by atoms with Gasteiger partial charge in [0.1, 0.15) is 0 Å². The molecule has 0 radical (unpaired) electrons. The van der Waals surface area contributed by atoms with Crippen LogP contribution in [-0.2, 0) is 19.9 Å². The third kappa shape index (κ3) is 5.72. The fourth-order valence-corrected chi connectivity index (χ4v) is 2.48. The zero-order valence-electron chi connectivity index (χ0n) is 13.6. The maximum Gasteiger partial charge on any atom is 0.0627 e. The van der Waals surface area contributed by atoms with Crippen molar-refractivity contribution in [1.82, 2.24) is 15.1 Å². The predicted octanol–water partition coefficient (Wildman–Crippen LogP) is 3.21. The van der Waals surface area contributed by atoms with Gasteiger partial charge in [0.15, 0.2) is 0 Å². The summed E-state index contributed by atoms with van der Waals surface area (Å²) in [6, 6.07) is 12.8. The number of hydrogen-bond donors (Lipinski definition) is 1. The molecule has 1 atom stereocenters. The minimum absolute atomic E-state index is 0.152. The van der Waals surface area contributed by atoms with E-state index < -0.39 is 0 Å². The van der Waals surface area contributed by atoms with Gasteiger partial charge in [0.25, 0.3) is 0 Å². The lowest BCUT2D eigenvalue weighted by molar-refractivity contribution is 0.365. The summed E-state index contributed by atoms with van der Waals surface area (Å²) < 4.78 is 1.88. The van der Waals surface area contributed by atoms with Crippen LogP contribution in [0.2, 0.25) is 0 Å². The third-order valence-electron chi connectivity index (χ3n) is 3.55. The zero-order valence-corrected chi connectivity index (χ0v) is 13.6. The Morgan fingerprint density at radius 1 is 1.10 bits per heavy atom. The Kier molecular flexibility index (Phi) is 5.18. The second-order valence-electron chi connectivity index (χ2n) is 6.87. The van der Waals surface area contributed by atoms with Crippen LogP contribution in [-0.4, -0.2) is 21.9 Å². The van der Waals surface area contributed by atoms with Crippen LogP contribution in [0.3, 0.4) is 0 Å². The van der Waals surface area contributed by atoms with E-state index in [-0.39, 0.29) is 5.54 Å². The van der Waals surface area contributed by atoms with E-state index in [1.165, 1.54) is 11.3 Å². The molecule has 21 heavy (non-hydrogen) atoms. The number of nitrogens with zero attached hydrogens (tertiary/aromatic N) is 2. The first-order chi connectivity index (χ1) is 9.92. The second-order valence-corrected chi connectivity index (χ2v) is 6.87. The van der Waals surface area contributed by atoms with Crippen LogP contribution in [0.1, 0.15) is 32.0 Å². The fraction of sp³-hybridized carbons (Fsp3) is 0.500. The van der Waals surface area contributed by atoms with Gasteiger partial charge in [-0.1, -0.05) is 30.3 Å². The molecule has 0 saturated carbocycles. The number of rotatable bonds is 6. The molecular formula is C18H27N3. The maximum atomic E-state index is 4.53. The van der Waals surface area contributed by atoms with Gasteiger partial charge in [-0.05, 0) is 57.7 Å². The summed E-state index contributed by atoms with van der Waals surface area (Å²) >= 11 is 0. The zero-order chi connectivity index (χ0) is 15.3. The van der Waals surface area contributed by atoms with E-state index in [4.69, 9.17) is 0 Å². The summed E-state index contributed by atoms with van der Waals surface area (Å²) in [6.45, 7) is 7.66. The van der Waals surface area contributed by atoms with E-state index in [1.807, 2.05) is 17.9 Å². The Bertz CT molecular complexity index is 537. The fourth-order valence-electron chi connectivity index (χ4n) is 2.48. The molecule has 0 amide bonds. The van der Waals surface area contributed by atoms with E-state index in [1.54, 1.807) is 0 Å². The number of benzene rings is 1. The minimum Gasteiger partial charge on any atom is -0.312 e. The van der Waals surface area contributed by atoms with Gasteiger partial charge in [-0.3, -0.25) is 4.68 Å².